The monoisotopic (exact) mass is 340 g/mol. The van der Waals surface area contributed by atoms with Crippen LogP contribution in [0.5, 0.6) is 11.5 Å². The zero-order valence-electron chi connectivity index (χ0n) is 10.3. The SMILES string of the molecule is Cc1cc(Br)c(C(O)C2COc3ccccc3O2)s1. The van der Waals surface area contributed by atoms with Crippen LogP contribution in [0.2, 0.25) is 0 Å². The first kappa shape index (κ1) is 13.0. The van der Waals surface area contributed by atoms with Crippen LogP contribution in [0.3, 0.4) is 0 Å². The molecule has 5 heteroatoms. The molecule has 2 atom stereocenters. The highest BCUT2D eigenvalue weighted by Gasteiger charge is 2.30. The molecule has 0 radical (unpaired) electrons. The van der Waals surface area contributed by atoms with Gasteiger partial charge in [-0.1, -0.05) is 12.1 Å². The van der Waals surface area contributed by atoms with E-state index in [0.29, 0.717) is 12.4 Å². The van der Waals surface area contributed by atoms with Crippen molar-refractivity contribution in [2.24, 2.45) is 0 Å². The summed E-state index contributed by atoms with van der Waals surface area (Å²) in [4.78, 5) is 2.03. The summed E-state index contributed by atoms with van der Waals surface area (Å²) in [5, 5.41) is 10.4. The molecule has 100 valence electrons. The summed E-state index contributed by atoms with van der Waals surface area (Å²) in [6.07, 6.45) is -1.08. The molecule has 1 N–H and O–H groups in total. The van der Waals surface area contributed by atoms with Gasteiger partial charge in [0.25, 0.3) is 0 Å². The molecule has 1 aliphatic heterocycles. The third kappa shape index (κ3) is 2.50. The third-order valence-electron chi connectivity index (χ3n) is 2.99. The quantitative estimate of drug-likeness (QED) is 0.905. The molecule has 0 amide bonds. The van der Waals surface area contributed by atoms with Crippen LogP contribution >= 0.6 is 27.3 Å². The Morgan fingerprint density at radius 3 is 2.79 bits per heavy atom. The van der Waals surface area contributed by atoms with Crippen molar-refractivity contribution in [2.75, 3.05) is 6.61 Å². The van der Waals surface area contributed by atoms with Crippen LogP contribution in [-0.4, -0.2) is 17.8 Å². The summed E-state index contributed by atoms with van der Waals surface area (Å²) >= 11 is 5.04. The first-order valence-electron chi connectivity index (χ1n) is 5.97. The fourth-order valence-electron chi connectivity index (χ4n) is 2.06. The van der Waals surface area contributed by atoms with Crippen molar-refractivity contribution in [3.8, 4) is 11.5 Å². The van der Waals surface area contributed by atoms with Crippen molar-refractivity contribution in [3.63, 3.8) is 0 Å². The molecule has 1 aromatic carbocycles. The van der Waals surface area contributed by atoms with E-state index in [2.05, 4.69) is 15.9 Å². The topological polar surface area (TPSA) is 38.7 Å². The number of aliphatic hydroxyl groups is 1. The second-order valence-electron chi connectivity index (χ2n) is 4.43. The maximum Gasteiger partial charge on any atom is 0.163 e. The van der Waals surface area contributed by atoms with Gasteiger partial charge in [-0.2, -0.15) is 0 Å². The smallest absolute Gasteiger partial charge is 0.163 e. The molecule has 1 aliphatic rings. The van der Waals surface area contributed by atoms with Crippen LogP contribution < -0.4 is 9.47 Å². The van der Waals surface area contributed by atoms with E-state index in [9.17, 15) is 5.11 Å². The summed E-state index contributed by atoms with van der Waals surface area (Å²) in [5.41, 5.74) is 0. The molecule has 0 saturated carbocycles. The third-order valence-corrected chi connectivity index (χ3v) is 5.03. The van der Waals surface area contributed by atoms with Gasteiger partial charge in [0.15, 0.2) is 17.6 Å². The highest BCUT2D eigenvalue weighted by Crippen LogP contribution is 2.38. The molecule has 2 aromatic rings. The van der Waals surface area contributed by atoms with Crippen LogP contribution in [0.4, 0.5) is 0 Å². The van der Waals surface area contributed by atoms with Crippen molar-refractivity contribution in [2.45, 2.75) is 19.1 Å². The molecule has 19 heavy (non-hydrogen) atoms. The Bertz CT molecular complexity index is 596. The average Bonchev–Trinajstić information content (AvgIpc) is 2.76. The number of thiophene rings is 1. The fourth-order valence-corrected chi connectivity index (χ4v) is 3.99. The molecular formula is C14H13BrO3S. The second kappa shape index (κ2) is 5.15. The molecule has 0 aliphatic carbocycles. The summed E-state index contributed by atoms with van der Waals surface area (Å²) < 4.78 is 12.4. The molecule has 1 aromatic heterocycles. The van der Waals surface area contributed by atoms with Crippen LogP contribution in [0.15, 0.2) is 34.8 Å². The minimum absolute atomic E-state index is 0.349. The Balaban J connectivity index is 1.83. The number of ether oxygens (including phenoxy) is 2. The van der Waals surface area contributed by atoms with Gasteiger partial charge in [0, 0.05) is 9.35 Å². The number of halogens is 1. The molecule has 0 bridgehead atoms. The Hall–Kier alpha value is -1.04. The van der Waals surface area contributed by atoms with Crippen molar-refractivity contribution >= 4 is 27.3 Å². The zero-order valence-corrected chi connectivity index (χ0v) is 12.7. The minimum atomic E-state index is -0.693. The van der Waals surface area contributed by atoms with Crippen LogP contribution in [0.1, 0.15) is 15.9 Å². The summed E-state index contributed by atoms with van der Waals surface area (Å²) in [5.74, 6) is 1.41. The number of fused-ring (bicyclic) bond motifs is 1. The van der Waals surface area contributed by atoms with Crippen LogP contribution in [0, 0.1) is 6.92 Å². The maximum absolute atomic E-state index is 10.4. The van der Waals surface area contributed by atoms with E-state index in [-0.39, 0.29) is 6.10 Å². The van der Waals surface area contributed by atoms with E-state index < -0.39 is 6.10 Å². The molecule has 3 rings (SSSR count). The number of para-hydroxylation sites is 2. The normalized spacial score (nSPS) is 19.2. The highest BCUT2D eigenvalue weighted by atomic mass is 79.9. The molecule has 3 nitrogen and oxygen atoms in total. The Kier molecular flexibility index (Phi) is 3.52. The Labute approximate surface area is 123 Å². The highest BCUT2D eigenvalue weighted by molar-refractivity contribution is 9.10. The largest absolute Gasteiger partial charge is 0.486 e. The van der Waals surface area contributed by atoms with Crippen LogP contribution in [-0.2, 0) is 0 Å². The van der Waals surface area contributed by atoms with E-state index in [0.717, 1.165) is 20.0 Å². The van der Waals surface area contributed by atoms with E-state index in [1.807, 2.05) is 37.3 Å². The van der Waals surface area contributed by atoms with Gasteiger partial charge >= 0.3 is 0 Å². The summed E-state index contributed by atoms with van der Waals surface area (Å²) in [6, 6.07) is 9.51. The maximum atomic E-state index is 10.4. The lowest BCUT2D eigenvalue weighted by molar-refractivity contribution is -0.00988. The first-order valence-corrected chi connectivity index (χ1v) is 7.58. The van der Waals surface area contributed by atoms with Crippen LogP contribution in [0.25, 0.3) is 0 Å². The van der Waals surface area contributed by atoms with Gasteiger partial charge in [-0.05, 0) is 41.1 Å². The summed E-state index contributed by atoms with van der Waals surface area (Å²) in [6.45, 7) is 2.36. The molecule has 0 saturated heterocycles. The second-order valence-corrected chi connectivity index (χ2v) is 6.57. The first-order chi connectivity index (χ1) is 9.15. The number of benzene rings is 1. The number of hydrogen-bond donors (Lipinski definition) is 1. The molecule has 2 heterocycles. The molecule has 0 spiro atoms. The van der Waals surface area contributed by atoms with E-state index in [1.54, 1.807) is 11.3 Å². The predicted molar refractivity (Wildman–Crippen MR) is 78.1 cm³/mol. The lowest BCUT2D eigenvalue weighted by Crippen LogP contribution is -2.34. The number of rotatable bonds is 2. The van der Waals surface area contributed by atoms with Gasteiger partial charge in [-0.15, -0.1) is 11.3 Å². The Morgan fingerprint density at radius 1 is 1.37 bits per heavy atom. The van der Waals surface area contributed by atoms with E-state index in [1.165, 1.54) is 0 Å². The number of hydrogen-bond acceptors (Lipinski definition) is 4. The fraction of sp³-hybridized carbons (Fsp3) is 0.286. The van der Waals surface area contributed by atoms with Crippen molar-refractivity contribution < 1.29 is 14.6 Å². The van der Waals surface area contributed by atoms with Crippen molar-refractivity contribution in [3.05, 3.63) is 44.6 Å². The lowest BCUT2D eigenvalue weighted by atomic mass is 10.1. The van der Waals surface area contributed by atoms with Crippen molar-refractivity contribution in [1.82, 2.24) is 0 Å². The number of aliphatic hydroxyl groups excluding tert-OH is 1. The van der Waals surface area contributed by atoms with Gasteiger partial charge < -0.3 is 14.6 Å². The predicted octanol–water partition coefficient (Wildman–Crippen LogP) is 3.69. The lowest BCUT2D eigenvalue weighted by Gasteiger charge is -2.29. The average molecular weight is 341 g/mol. The van der Waals surface area contributed by atoms with Gasteiger partial charge in [0.05, 0.1) is 4.88 Å². The van der Waals surface area contributed by atoms with Gasteiger partial charge in [0.1, 0.15) is 12.7 Å². The molecule has 0 fully saturated rings. The molecule has 2 unspecified atom stereocenters. The molecular weight excluding hydrogens is 328 g/mol. The number of aryl methyl sites for hydroxylation is 1. The van der Waals surface area contributed by atoms with Gasteiger partial charge in [-0.3, -0.25) is 0 Å². The van der Waals surface area contributed by atoms with E-state index >= 15 is 0 Å². The van der Waals surface area contributed by atoms with Gasteiger partial charge in [0.2, 0.25) is 0 Å². The minimum Gasteiger partial charge on any atom is -0.486 e. The summed E-state index contributed by atoms with van der Waals surface area (Å²) in [7, 11) is 0. The van der Waals surface area contributed by atoms with E-state index in [4.69, 9.17) is 9.47 Å². The zero-order chi connectivity index (χ0) is 13.4. The van der Waals surface area contributed by atoms with Crippen molar-refractivity contribution in [1.29, 1.82) is 0 Å². The standard InChI is InChI=1S/C14H13BrO3S/c1-8-6-9(15)14(19-8)13(16)12-7-17-10-4-2-3-5-11(10)18-12/h2-6,12-13,16H,7H2,1H3. The Morgan fingerprint density at radius 2 is 2.11 bits per heavy atom. The van der Waals surface area contributed by atoms with Gasteiger partial charge in [-0.25, -0.2) is 0 Å².